The summed E-state index contributed by atoms with van der Waals surface area (Å²) < 4.78 is 1.89. The Labute approximate surface area is 121 Å². The second kappa shape index (κ2) is 7.82. The van der Waals surface area contributed by atoms with Crippen molar-refractivity contribution in [2.45, 2.75) is 20.4 Å². The molecule has 0 bridgehead atoms. The second-order valence-electron chi connectivity index (χ2n) is 4.82. The SMILES string of the molecule is CCN(CC)CCNCc1cccc(-n2cccn2)c1. The Kier molecular flexibility index (Phi) is 5.77. The lowest BCUT2D eigenvalue weighted by molar-refractivity contribution is 0.302. The number of hydrogen-bond donors (Lipinski definition) is 1. The highest BCUT2D eigenvalue weighted by Gasteiger charge is 2.00. The molecule has 0 spiro atoms. The summed E-state index contributed by atoms with van der Waals surface area (Å²) in [4.78, 5) is 2.42. The first kappa shape index (κ1) is 14.8. The Hall–Kier alpha value is -1.65. The molecule has 0 unspecified atom stereocenters. The number of aromatic nitrogens is 2. The summed E-state index contributed by atoms with van der Waals surface area (Å²) in [6.45, 7) is 9.67. The summed E-state index contributed by atoms with van der Waals surface area (Å²) in [5.74, 6) is 0. The van der Waals surface area contributed by atoms with Crippen molar-refractivity contribution in [1.29, 1.82) is 0 Å². The van der Waals surface area contributed by atoms with Gasteiger partial charge in [-0.3, -0.25) is 0 Å². The molecule has 4 heteroatoms. The highest BCUT2D eigenvalue weighted by molar-refractivity contribution is 5.34. The van der Waals surface area contributed by atoms with E-state index in [1.54, 1.807) is 6.20 Å². The normalized spacial score (nSPS) is 11.2. The van der Waals surface area contributed by atoms with Crippen LogP contribution in [-0.2, 0) is 6.54 Å². The molecule has 1 aromatic heterocycles. The number of likely N-dealkylation sites (N-methyl/N-ethyl adjacent to an activating group) is 1. The maximum Gasteiger partial charge on any atom is 0.0648 e. The van der Waals surface area contributed by atoms with E-state index in [9.17, 15) is 0 Å². The van der Waals surface area contributed by atoms with E-state index in [1.807, 2.05) is 16.9 Å². The second-order valence-corrected chi connectivity index (χ2v) is 4.82. The summed E-state index contributed by atoms with van der Waals surface area (Å²) in [7, 11) is 0. The summed E-state index contributed by atoms with van der Waals surface area (Å²) >= 11 is 0. The summed E-state index contributed by atoms with van der Waals surface area (Å²) in [6.07, 6.45) is 3.77. The Balaban J connectivity index is 1.83. The standard InChI is InChI=1S/C16H24N4/c1-3-19(4-2)12-10-17-14-15-7-5-8-16(13-15)20-11-6-9-18-20/h5-9,11,13,17H,3-4,10,12,14H2,1-2H3. The predicted molar refractivity (Wildman–Crippen MR) is 83.1 cm³/mol. The number of hydrogen-bond acceptors (Lipinski definition) is 3. The molecule has 0 aliphatic carbocycles. The van der Waals surface area contributed by atoms with Crippen molar-refractivity contribution in [2.24, 2.45) is 0 Å². The van der Waals surface area contributed by atoms with E-state index in [1.165, 1.54) is 5.56 Å². The number of rotatable bonds is 8. The van der Waals surface area contributed by atoms with E-state index in [4.69, 9.17) is 0 Å². The van der Waals surface area contributed by atoms with Gasteiger partial charge in [-0.15, -0.1) is 0 Å². The molecule has 0 fully saturated rings. The van der Waals surface area contributed by atoms with Gasteiger partial charge in [-0.05, 0) is 36.9 Å². The largest absolute Gasteiger partial charge is 0.311 e. The van der Waals surface area contributed by atoms with Crippen LogP contribution in [0.15, 0.2) is 42.7 Å². The third-order valence-electron chi connectivity index (χ3n) is 3.51. The third-order valence-corrected chi connectivity index (χ3v) is 3.51. The van der Waals surface area contributed by atoms with Crippen LogP contribution in [0.5, 0.6) is 0 Å². The molecular formula is C16H24N4. The molecule has 2 aromatic rings. The first-order valence-corrected chi connectivity index (χ1v) is 7.35. The first-order chi connectivity index (χ1) is 9.83. The number of nitrogens with zero attached hydrogens (tertiary/aromatic N) is 3. The van der Waals surface area contributed by atoms with Crippen molar-refractivity contribution in [3.05, 3.63) is 48.3 Å². The molecule has 1 aromatic carbocycles. The quantitative estimate of drug-likeness (QED) is 0.749. The topological polar surface area (TPSA) is 33.1 Å². The first-order valence-electron chi connectivity index (χ1n) is 7.35. The Morgan fingerprint density at radius 1 is 1.20 bits per heavy atom. The Morgan fingerprint density at radius 3 is 2.75 bits per heavy atom. The number of nitrogens with one attached hydrogen (secondary N) is 1. The fourth-order valence-electron chi connectivity index (χ4n) is 2.24. The van der Waals surface area contributed by atoms with E-state index in [0.29, 0.717) is 0 Å². The van der Waals surface area contributed by atoms with Gasteiger partial charge >= 0.3 is 0 Å². The van der Waals surface area contributed by atoms with Crippen LogP contribution in [0, 0.1) is 0 Å². The molecule has 108 valence electrons. The number of benzene rings is 1. The van der Waals surface area contributed by atoms with Crippen LogP contribution in [0.1, 0.15) is 19.4 Å². The van der Waals surface area contributed by atoms with Gasteiger partial charge in [0.25, 0.3) is 0 Å². The van der Waals surface area contributed by atoms with Crippen LogP contribution in [0.25, 0.3) is 5.69 Å². The molecule has 0 radical (unpaired) electrons. The van der Waals surface area contributed by atoms with Gasteiger partial charge in [0.1, 0.15) is 0 Å². The zero-order valence-electron chi connectivity index (χ0n) is 12.4. The molecule has 20 heavy (non-hydrogen) atoms. The highest BCUT2D eigenvalue weighted by Crippen LogP contribution is 2.09. The fourth-order valence-corrected chi connectivity index (χ4v) is 2.24. The lowest BCUT2D eigenvalue weighted by Crippen LogP contribution is -2.31. The highest BCUT2D eigenvalue weighted by atomic mass is 15.3. The van der Waals surface area contributed by atoms with Crippen molar-refractivity contribution in [1.82, 2.24) is 20.0 Å². The molecule has 0 aliphatic heterocycles. The minimum atomic E-state index is 0.899. The van der Waals surface area contributed by atoms with Gasteiger partial charge in [0.2, 0.25) is 0 Å². The van der Waals surface area contributed by atoms with Gasteiger partial charge in [-0.2, -0.15) is 5.10 Å². The van der Waals surface area contributed by atoms with Crippen molar-refractivity contribution >= 4 is 0 Å². The molecule has 2 rings (SSSR count). The Bertz CT molecular complexity index is 489. The third kappa shape index (κ3) is 4.18. The monoisotopic (exact) mass is 272 g/mol. The molecule has 0 saturated carbocycles. The molecule has 1 heterocycles. The maximum absolute atomic E-state index is 4.26. The van der Waals surface area contributed by atoms with Gasteiger partial charge in [-0.1, -0.05) is 26.0 Å². The van der Waals surface area contributed by atoms with Crippen LogP contribution in [0.2, 0.25) is 0 Å². The van der Waals surface area contributed by atoms with Crippen molar-refractivity contribution in [3.8, 4) is 5.69 Å². The van der Waals surface area contributed by atoms with Crippen LogP contribution < -0.4 is 5.32 Å². The minimum absolute atomic E-state index is 0.899. The van der Waals surface area contributed by atoms with E-state index < -0.39 is 0 Å². The lowest BCUT2D eigenvalue weighted by Gasteiger charge is -2.18. The average molecular weight is 272 g/mol. The summed E-state index contributed by atoms with van der Waals surface area (Å²) in [5, 5.41) is 7.76. The van der Waals surface area contributed by atoms with E-state index in [-0.39, 0.29) is 0 Å². The molecule has 0 amide bonds. The maximum atomic E-state index is 4.26. The smallest absolute Gasteiger partial charge is 0.0648 e. The molecule has 0 aliphatic rings. The molecular weight excluding hydrogens is 248 g/mol. The summed E-state index contributed by atoms with van der Waals surface area (Å²) in [5.41, 5.74) is 2.40. The van der Waals surface area contributed by atoms with Crippen LogP contribution >= 0.6 is 0 Å². The van der Waals surface area contributed by atoms with E-state index >= 15 is 0 Å². The molecule has 1 N–H and O–H groups in total. The van der Waals surface area contributed by atoms with E-state index in [0.717, 1.165) is 38.4 Å². The Morgan fingerprint density at radius 2 is 2.05 bits per heavy atom. The van der Waals surface area contributed by atoms with Gasteiger partial charge in [0, 0.05) is 32.0 Å². The van der Waals surface area contributed by atoms with Crippen molar-refractivity contribution in [3.63, 3.8) is 0 Å². The minimum Gasteiger partial charge on any atom is -0.311 e. The molecule has 4 nitrogen and oxygen atoms in total. The van der Waals surface area contributed by atoms with Crippen molar-refractivity contribution < 1.29 is 0 Å². The van der Waals surface area contributed by atoms with Gasteiger partial charge < -0.3 is 10.2 Å². The van der Waals surface area contributed by atoms with Gasteiger partial charge in [0.05, 0.1) is 5.69 Å². The average Bonchev–Trinajstić information content (AvgIpc) is 3.02. The summed E-state index contributed by atoms with van der Waals surface area (Å²) in [6, 6.07) is 10.4. The fraction of sp³-hybridized carbons (Fsp3) is 0.438. The predicted octanol–water partition coefficient (Wildman–Crippen LogP) is 2.30. The van der Waals surface area contributed by atoms with Crippen LogP contribution in [-0.4, -0.2) is 40.9 Å². The van der Waals surface area contributed by atoms with Crippen molar-refractivity contribution in [2.75, 3.05) is 26.2 Å². The lowest BCUT2D eigenvalue weighted by atomic mass is 10.2. The van der Waals surface area contributed by atoms with Gasteiger partial charge in [-0.25, -0.2) is 4.68 Å². The van der Waals surface area contributed by atoms with Crippen LogP contribution in [0.3, 0.4) is 0 Å². The van der Waals surface area contributed by atoms with Crippen LogP contribution in [0.4, 0.5) is 0 Å². The molecule has 0 atom stereocenters. The molecule has 0 saturated heterocycles. The van der Waals surface area contributed by atoms with E-state index in [2.05, 4.69) is 53.4 Å². The zero-order chi connectivity index (χ0) is 14.2. The zero-order valence-corrected chi connectivity index (χ0v) is 12.4. The van der Waals surface area contributed by atoms with Gasteiger partial charge in [0.15, 0.2) is 0 Å².